The minimum absolute atomic E-state index is 0.0838. The number of carbonyl (C=O) groups is 2. The van der Waals surface area contributed by atoms with Crippen molar-refractivity contribution in [2.45, 2.75) is 30.7 Å². The van der Waals surface area contributed by atoms with Gasteiger partial charge in [-0.05, 0) is 18.6 Å². The Morgan fingerprint density at radius 1 is 1.40 bits per heavy atom. The molecule has 0 spiro atoms. The molecule has 0 radical (unpaired) electrons. The van der Waals surface area contributed by atoms with Crippen molar-refractivity contribution < 1.29 is 19.1 Å². The number of fused-ring (bicyclic) bond motifs is 1. The molecule has 3 rings (SSSR count). The highest BCUT2D eigenvalue weighted by molar-refractivity contribution is 6.09. The van der Waals surface area contributed by atoms with Gasteiger partial charge >= 0.3 is 0 Å². The number of benzene rings is 1. The number of hydrogen-bond donors (Lipinski definition) is 0. The van der Waals surface area contributed by atoms with Crippen molar-refractivity contribution in [1.29, 1.82) is 0 Å². The molecule has 1 aromatic carbocycles. The number of ketones is 1. The molecular weight excluding hydrogens is 256 g/mol. The van der Waals surface area contributed by atoms with Gasteiger partial charge in [-0.25, -0.2) is 0 Å². The van der Waals surface area contributed by atoms with E-state index in [-0.39, 0.29) is 5.78 Å². The summed E-state index contributed by atoms with van der Waals surface area (Å²) in [5.74, 6) is -0.0838. The summed E-state index contributed by atoms with van der Waals surface area (Å²) in [5, 5.41) is 0. The third-order valence-electron chi connectivity index (χ3n) is 4.16. The summed E-state index contributed by atoms with van der Waals surface area (Å²) in [4.78, 5) is 23.6. The van der Waals surface area contributed by atoms with E-state index in [0.29, 0.717) is 12.0 Å². The van der Waals surface area contributed by atoms with Crippen molar-refractivity contribution in [3.63, 3.8) is 0 Å². The molecule has 0 aromatic heterocycles. The molecule has 1 aliphatic heterocycles. The third kappa shape index (κ3) is 1.84. The topological polar surface area (TPSA) is 55.9 Å². The highest BCUT2D eigenvalue weighted by Gasteiger charge is 2.58. The highest BCUT2D eigenvalue weighted by atomic mass is 16.6. The van der Waals surface area contributed by atoms with E-state index in [1.807, 2.05) is 31.2 Å². The van der Waals surface area contributed by atoms with Crippen LogP contribution in [0.15, 0.2) is 30.3 Å². The minimum atomic E-state index is -1.05. The molecule has 1 unspecified atom stereocenters. The van der Waals surface area contributed by atoms with Crippen LogP contribution in [0.3, 0.4) is 0 Å². The SMILES string of the molecule is COC1(C[C@]2(C)O[C@@H]2C=O)C=Cc2ccccc2C1=O. The maximum Gasteiger partial charge on any atom is 0.199 e. The number of rotatable bonds is 4. The van der Waals surface area contributed by atoms with Gasteiger partial charge in [-0.2, -0.15) is 0 Å². The first kappa shape index (κ1) is 13.2. The van der Waals surface area contributed by atoms with Crippen molar-refractivity contribution in [2.75, 3.05) is 7.11 Å². The summed E-state index contributed by atoms with van der Waals surface area (Å²) >= 11 is 0. The van der Waals surface area contributed by atoms with Crippen molar-refractivity contribution in [3.05, 3.63) is 41.5 Å². The van der Waals surface area contributed by atoms with Crippen molar-refractivity contribution >= 4 is 18.1 Å². The fraction of sp³-hybridized carbons (Fsp3) is 0.375. The molecule has 104 valence electrons. The Bertz CT molecular complexity index is 606. The predicted octanol–water partition coefficient (Wildman–Crippen LogP) is 2.03. The van der Waals surface area contributed by atoms with Gasteiger partial charge in [0, 0.05) is 19.1 Å². The number of Topliss-reactive ketones (excluding diaryl/α,β-unsaturated/α-hetero) is 1. The average molecular weight is 272 g/mol. The zero-order valence-corrected chi connectivity index (χ0v) is 11.5. The van der Waals surface area contributed by atoms with Crippen LogP contribution in [0.25, 0.3) is 6.08 Å². The fourth-order valence-electron chi connectivity index (χ4n) is 2.84. The summed E-state index contributed by atoms with van der Waals surface area (Å²) in [6, 6.07) is 7.42. The molecule has 0 N–H and O–H groups in total. The zero-order chi connectivity index (χ0) is 14.4. The van der Waals surface area contributed by atoms with Gasteiger partial charge in [0.2, 0.25) is 0 Å². The Morgan fingerprint density at radius 2 is 2.15 bits per heavy atom. The lowest BCUT2D eigenvalue weighted by molar-refractivity contribution is -0.108. The van der Waals surface area contributed by atoms with E-state index in [9.17, 15) is 9.59 Å². The molecule has 1 fully saturated rings. The molecule has 3 atom stereocenters. The molecule has 0 bridgehead atoms. The normalized spacial score (nSPS) is 34.7. The summed E-state index contributed by atoms with van der Waals surface area (Å²) in [5.41, 5.74) is -0.145. The molecule has 1 heterocycles. The van der Waals surface area contributed by atoms with Crippen LogP contribution in [0.2, 0.25) is 0 Å². The lowest BCUT2D eigenvalue weighted by Gasteiger charge is -2.32. The molecular formula is C16H16O4. The van der Waals surface area contributed by atoms with E-state index in [1.54, 1.807) is 12.1 Å². The first-order chi connectivity index (χ1) is 9.54. The van der Waals surface area contributed by atoms with Crippen molar-refractivity contribution in [1.82, 2.24) is 0 Å². The van der Waals surface area contributed by atoms with Crippen LogP contribution in [-0.4, -0.2) is 36.5 Å². The summed E-state index contributed by atoms with van der Waals surface area (Å²) in [7, 11) is 1.51. The Balaban J connectivity index is 1.96. The molecule has 0 saturated carbocycles. The lowest BCUT2D eigenvalue weighted by Crippen LogP contribution is -2.44. The van der Waals surface area contributed by atoms with Gasteiger partial charge in [-0.3, -0.25) is 4.79 Å². The Hall–Kier alpha value is -1.78. The van der Waals surface area contributed by atoms with E-state index in [1.165, 1.54) is 7.11 Å². The van der Waals surface area contributed by atoms with Crippen molar-refractivity contribution in [3.8, 4) is 0 Å². The van der Waals surface area contributed by atoms with Crippen LogP contribution in [0.4, 0.5) is 0 Å². The van der Waals surface area contributed by atoms with Crippen LogP contribution in [0, 0.1) is 0 Å². The van der Waals surface area contributed by atoms with Gasteiger partial charge in [0.25, 0.3) is 0 Å². The molecule has 2 aliphatic rings. The third-order valence-corrected chi connectivity index (χ3v) is 4.16. The van der Waals surface area contributed by atoms with Crippen LogP contribution in [-0.2, 0) is 14.3 Å². The van der Waals surface area contributed by atoms with Gasteiger partial charge in [0.05, 0.1) is 0 Å². The van der Waals surface area contributed by atoms with Crippen LogP contribution < -0.4 is 0 Å². The monoisotopic (exact) mass is 272 g/mol. The average Bonchev–Trinajstić information content (AvgIpc) is 3.13. The molecule has 4 heteroatoms. The molecule has 4 nitrogen and oxygen atoms in total. The van der Waals surface area contributed by atoms with E-state index in [0.717, 1.165) is 11.8 Å². The number of methoxy groups -OCH3 is 1. The fourth-order valence-corrected chi connectivity index (χ4v) is 2.84. The smallest absolute Gasteiger partial charge is 0.199 e. The molecule has 1 aliphatic carbocycles. The molecule has 0 amide bonds. The van der Waals surface area contributed by atoms with Gasteiger partial charge < -0.3 is 14.3 Å². The van der Waals surface area contributed by atoms with Gasteiger partial charge in [0.1, 0.15) is 11.7 Å². The van der Waals surface area contributed by atoms with E-state index >= 15 is 0 Å². The first-order valence-corrected chi connectivity index (χ1v) is 6.56. The van der Waals surface area contributed by atoms with E-state index in [4.69, 9.17) is 9.47 Å². The molecule has 20 heavy (non-hydrogen) atoms. The highest BCUT2D eigenvalue weighted by Crippen LogP contribution is 2.45. The Morgan fingerprint density at radius 3 is 2.80 bits per heavy atom. The number of aldehydes is 1. The van der Waals surface area contributed by atoms with E-state index < -0.39 is 17.3 Å². The summed E-state index contributed by atoms with van der Waals surface area (Å²) in [6.45, 7) is 1.83. The van der Waals surface area contributed by atoms with Gasteiger partial charge in [0.15, 0.2) is 17.7 Å². The van der Waals surface area contributed by atoms with Gasteiger partial charge in [-0.15, -0.1) is 0 Å². The van der Waals surface area contributed by atoms with Crippen LogP contribution in [0.1, 0.15) is 29.3 Å². The number of hydrogen-bond acceptors (Lipinski definition) is 4. The number of carbonyl (C=O) groups excluding carboxylic acids is 2. The standard InChI is InChI=1S/C16H16O4/c1-15(13(9-17)20-15)10-16(19-2)8-7-11-5-3-4-6-12(11)14(16)18/h3-9,13H,10H2,1-2H3/t13-,15+,16?/m1/s1. The maximum absolute atomic E-state index is 12.8. The predicted molar refractivity (Wildman–Crippen MR) is 73.5 cm³/mol. The second kappa shape index (κ2) is 4.36. The van der Waals surface area contributed by atoms with Crippen LogP contribution >= 0.6 is 0 Å². The maximum atomic E-state index is 12.8. The van der Waals surface area contributed by atoms with Crippen LogP contribution in [0.5, 0.6) is 0 Å². The van der Waals surface area contributed by atoms with Crippen molar-refractivity contribution in [2.24, 2.45) is 0 Å². The number of ether oxygens (including phenoxy) is 2. The summed E-state index contributed by atoms with van der Waals surface area (Å²) < 4.78 is 10.9. The quantitative estimate of drug-likeness (QED) is 0.621. The van der Waals surface area contributed by atoms with Gasteiger partial charge in [-0.1, -0.05) is 30.3 Å². The Kier molecular flexibility index (Phi) is 2.88. The second-order valence-corrected chi connectivity index (χ2v) is 5.51. The largest absolute Gasteiger partial charge is 0.366 e. The lowest BCUT2D eigenvalue weighted by atomic mass is 9.78. The minimum Gasteiger partial charge on any atom is -0.366 e. The molecule has 1 saturated heterocycles. The second-order valence-electron chi connectivity index (χ2n) is 5.51. The number of epoxide rings is 1. The molecule has 1 aromatic rings. The van der Waals surface area contributed by atoms with E-state index in [2.05, 4.69) is 0 Å². The zero-order valence-electron chi connectivity index (χ0n) is 11.5. The first-order valence-electron chi connectivity index (χ1n) is 6.56. The Labute approximate surface area is 117 Å². The summed E-state index contributed by atoms with van der Waals surface area (Å²) in [6.07, 6.45) is 4.32.